The lowest BCUT2D eigenvalue weighted by molar-refractivity contribution is -0.216. The van der Waals surface area contributed by atoms with Crippen molar-refractivity contribution >= 4 is 28.8 Å². The van der Waals surface area contributed by atoms with Crippen molar-refractivity contribution in [3.63, 3.8) is 0 Å². The van der Waals surface area contributed by atoms with Crippen LogP contribution in [-0.2, 0) is 10.3 Å². The minimum absolute atomic E-state index is 0.0890. The van der Waals surface area contributed by atoms with Gasteiger partial charge in [-0.1, -0.05) is 12.2 Å². The van der Waals surface area contributed by atoms with Crippen LogP contribution in [0.25, 0.3) is 0 Å². The highest BCUT2D eigenvalue weighted by Gasteiger charge is 2.64. The number of thiocarbonyl (C=S) groups is 1. The number of rotatable bonds is 3. The Morgan fingerprint density at radius 2 is 1.94 bits per heavy atom. The summed E-state index contributed by atoms with van der Waals surface area (Å²) in [5.74, 6) is -7.02. The minimum atomic E-state index is -3.71. The van der Waals surface area contributed by atoms with Gasteiger partial charge in [0.05, 0.1) is 17.9 Å². The second-order valence-corrected chi connectivity index (χ2v) is 8.35. The fourth-order valence-corrected chi connectivity index (χ4v) is 3.64. The molecule has 2 N–H and O–H groups in total. The van der Waals surface area contributed by atoms with Crippen LogP contribution in [0, 0.1) is 23.0 Å². The summed E-state index contributed by atoms with van der Waals surface area (Å²) < 4.78 is 65.5. The number of hydrogen-bond donors (Lipinski definition) is 2. The Bertz CT molecular complexity index is 1130. The number of nitriles is 1. The highest BCUT2D eigenvalue weighted by molar-refractivity contribution is 7.80. The van der Waals surface area contributed by atoms with Gasteiger partial charge in [0.15, 0.2) is 0 Å². The van der Waals surface area contributed by atoms with Gasteiger partial charge in [0.1, 0.15) is 39.5 Å². The topological polar surface area (TPSA) is 87.0 Å². The summed E-state index contributed by atoms with van der Waals surface area (Å²) in [6, 6.07) is 5.59. The minimum Gasteiger partial charge on any atom is -0.363 e. The predicted octanol–water partition coefficient (Wildman–Crippen LogP) is 4.06. The first-order chi connectivity index (χ1) is 14.8. The van der Waals surface area contributed by atoms with E-state index in [2.05, 4.69) is 15.6 Å². The van der Waals surface area contributed by atoms with E-state index in [4.69, 9.17) is 22.2 Å². The van der Waals surface area contributed by atoms with Crippen LogP contribution in [-0.4, -0.2) is 34.0 Å². The Morgan fingerprint density at radius 3 is 2.53 bits per heavy atom. The fraction of sp³-hybridized carbons (Fsp3) is 0.333. The zero-order chi connectivity index (χ0) is 23.9. The Morgan fingerprint density at radius 1 is 1.25 bits per heavy atom. The molecule has 32 heavy (non-hydrogen) atoms. The molecule has 1 fully saturated rings. The summed E-state index contributed by atoms with van der Waals surface area (Å²) in [6.07, 6.45) is 1.14. The van der Waals surface area contributed by atoms with Crippen LogP contribution in [0.4, 0.5) is 23.2 Å². The van der Waals surface area contributed by atoms with Crippen LogP contribution in [0.15, 0.2) is 30.5 Å². The molecule has 1 amide bonds. The van der Waals surface area contributed by atoms with Gasteiger partial charge in [-0.05, 0) is 39.0 Å². The zero-order valence-electron chi connectivity index (χ0n) is 17.2. The molecule has 0 saturated carbocycles. The van der Waals surface area contributed by atoms with E-state index in [0.717, 1.165) is 33.0 Å². The fourth-order valence-electron chi connectivity index (χ4n) is 3.38. The standard InChI is InChI=1S/C21H18F4N4O2S/c1-19(2)21(24,25)20(3,29-17(32)10-31-19)12-6-16(14(23)7-13(12)22)28-18(30)15-5-4-11(8-26)9-27-15/h4-7,9H,10H2,1-3H3,(H,28,30)(H,29,32). The highest BCUT2D eigenvalue weighted by Crippen LogP contribution is 2.48. The molecular weight excluding hydrogens is 448 g/mol. The molecule has 6 nitrogen and oxygen atoms in total. The summed E-state index contributed by atoms with van der Waals surface area (Å²) >= 11 is 5.04. The molecule has 0 radical (unpaired) electrons. The molecule has 168 valence electrons. The number of carbonyl (C=O) groups excluding carboxylic acids is 1. The van der Waals surface area contributed by atoms with Crippen LogP contribution >= 0.6 is 12.2 Å². The molecule has 1 aromatic carbocycles. The molecule has 0 aliphatic carbocycles. The first-order valence-corrected chi connectivity index (χ1v) is 9.73. The van der Waals surface area contributed by atoms with E-state index in [1.807, 2.05) is 6.07 Å². The van der Waals surface area contributed by atoms with E-state index < -0.39 is 45.9 Å². The molecule has 1 unspecified atom stereocenters. The van der Waals surface area contributed by atoms with Gasteiger partial charge >= 0.3 is 5.92 Å². The number of halogens is 4. The number of hydrogen-bond acceptors (Lipinski definition) is 5. The van der Waals surface area contributed by atoms with Crippen molar-refractivity contribution in [2.24, 2.45) is 0 Å². The lowest BCUT2D eigenvalue weighted by Gasteiger charge is -2.44. The lowest BCUT2D eigenvalue weighted by atomic mass is 9.77. The number of benzene rings is 1. The summed E-state index contributed by atoms with van der Waals surface area (Å²) in [5, 5.41) is 13.4. The monoisotopic (exact) mass is 466 g/mol. The van der Waals surface area contributed by atoms with Crippen LogP contribution < -0.4 is 10.6 Å². The van der Waals surface area contributed by atoms with Crippen molar-refractivity contribution in [2.75, 3.05) is 11.9 Å². The molecule has 2 heterocycles. The number of pyridine rings is 1. The maximum atomic E-state index is 15.5. The van der Waals surface area contributed by atoms with Crippen molar-refractivity contribution in [2.45, 2.75) is 37.8 Å². The van der Waals surface area contributed by atoms with Gasteiger partial charge in [-0.25, -0.2) is 22.5 Å². The number of carbonyl (C=O) groups is 1. The average Bonchev–Trinajstić information content (AvgIpc) is 2.79. The Kier molecular flexibility index (Phi) is 5.97. The van der Waals surface area contributed by atoms with Gasteiger partial charge in [-0.2, -0.15) is 5.26 Å². The molecule has 1 saturated heterocycles. The molecule has 1 aliphatic rings. The molecule has 2 aromatic rings. The van der Waals surface area contributed by atoms with Crippen LogP contribution in [0.5, 0.6) is 0 Å². The summed E-state index contributed by atoms with van der Waals surface area (Å²) in [5.41, 5.74) is -5.58. The quantitative estimate of drug-likeness (QED) is 0.524. The van der Waals surface area contributed by atoms with Crippen molar-refractivity contribution < 1.29 is 27.1 Å². The maximum absolute atomic E-state index is 15.5. The zero-order valence-corrected chi connectivity index (χ0v) is 18.0. The van der Waals surface area contributed by atoms with Gasteiger partial charge in [-0.15, -0.1) is 0 Å². The van der Waals surface area contributed by atoms with E-state index in [1.54, 1.807) is 0 Å². The maximum Gasteiger partial charge on any atom is 0.302 e. The third-order valence-electron chi connectivity index (χ3n) is 5.31. The van der Waals surface area contributed by atoms with E-state index in [1.165, 1.54) is 12.1 Å². The predicted molar refractivity (Wildman–Crippen MR) is 111 cm³/mol. The first-order valence-electron chi connectivity index (χ1n) is 9.32. The second kappa shape index (κ2) is 8.11. The first kappa shape index (κ1) is 23.6. The third-order valence-corrected chi connectivity index (χ3v) is 5.53. The number of amides is 1. The molecule has 11 heteroatoms. The molecular formula is C21H18F4N4O2S. The van der Waals surface area contributed by atoms with Gasteiger partial charge in [-0.3, -0.25) is 4.79 Å². The molecule has 0 spiro atoms. The Hall–Kier alpha value is -3.10. The number of aromatic nitrogens is 1. The van der Waals surface area contributed by atoms with Gasteiger partial charge in [0.2, 0.25) is 0 Å². The number of nitrogens with one attached hydrogen (secondary N) is 2. The number of anilines is 1. The van der Waals surface area contributed by atoms with Crippen LogP contribution in [0.1, 0.15) is 42.4 Å². The Balaban J connectivity index is 2.06. The van der Waals surface area contributed by atoms with Crippen LogP contribution in [0.2, 0.25) is 0 Å². The number of alkyl halides is 2. The molecule has 3 rings (SSSR count). The number of nitrogens with zero attached hydrogens (tertiary/aromatic N) is 2. The molecule has 0 bridgehead atoms. The third kappa shape index (κ3) is 3.91. The molecule has 1 aromatic heterocycles. The normalized spacial score (nSPS) is 21.8. The van der Waals surface area contributed by atoms with Crippen molar-refractivity contribution in [3.8, 4) is 6.07 Å². The average molecular weight is 466 g/mol. The van der Waals surface area contributed by atoms with Crippen LogP contribution in [0.3, 0.4) is 0 Å². The lowest BCUT2D eigenvalue weighted by Crippen LogP contribution is -2.62. The summed E-state index contributed by atoms with van der Waals surface area (Å²) in [4.78, 5) is 16.1. The van der Waals surface area contributed by atoms with E-state index in [0.29, 0.717) is 6.07 Å². The van der Waals surface area contributed by atoms with E-state index in [9.17, 15) is 13.6 Å². The number of ether oxygens (including phenoxy) is 1. The SMILES string of the molecule is CC1(C)OCC(=S)NC(C)(c2cc(NC(=O)c3ccc(C#N)cn3)c(F)cc2F)C1(F)F. The molecule has 1 atom stereocenters. The molecule has 1 aliphatic heterocycles. The Labute approximate surface area is 186 Å². The highest BCUT2D eigenvalue weighted by atomic mass is 32.1. The second-order valence-electron chi connectivity index (χ2n) is 7.86. The summed E-state index contributed by atoms with van der Waals surface area (Å²) in [6.45, 7) is 2.99. The largest absolute Gasteiger partial charge is 0.363 e. The summed E-state index contributed by atoms with van der Waals surface area (Å²) in [7, 11) is 0. The smallest absolute Gasteiger partial charge is 0.302 e. The van der Waals surface area contributed by atoms with Crippen molar-refractivity contribution in [3.05, 3.63) is 58.9 Å². The van der Waals surface area contributed by atoms with Crippen molar-refractivity contribution in [1.82, 2.24) is 10.3 Å². The van der Waals surface area contributed by atoms with E-state index >= 15 is 8.78 Å². The van der Waals surface area contributed by atoms with Gasteiger partial charge < -0.3 is 15.4 Å². The van der Waals surface area contributed by atoms with E-state index in [-0.39, 0.29) is 22.9 Å². The van der Waals surface area contributed by atoms with Gasteiger partial charge in [0.25, 0.3) is 5.91 Å². The van der Waals surface area contributed by atoms with Crippen molar-refractivity contribution in [1.29, 1.82) is 5.26 Å². The van der Waals surface area contributed by atoms with Gasteiger partial charge in [0, 0.05) is 17.8 Å².